The Morgan fingerprint density at radius 2 is 1.78 bits per heavy atom. The Labute approximate surface area is 158 Å². The summed E-state index contributed by atoms with van der Waals surface area (Å²) in [5.41, 5.74) is 1.81. The van der Waals surface area contributed by atoms with Crippen molar-refractivity contribution in [2.45, 2.75) is 13.3 Å². The summed E-state index contributed by atoms with van der Waals surface area (Å²) in [6.07, 6.45) is 4.02. The number of ether oxygens (including phenoxy) is 3. The number of rotatable bonds is 8. The molecule has 2 aromatic carbocycles. The fourth-order valence-corrected chi connectivity index (χ4v) is 2.28. The van der Waals surface area contributed by atoms with Gasteiger partial charge in [-0.2, -0.15) is 0 Å². The van der Waals surface area contributed by atoms with Gasteiger partial charge in [0.1, 0.15) is 0 Å². The summed E-state index contributed by atoms with van der Waals surface area (Å²) in [5, 5.41) is 2.73. The highest BCUT2D eigenvalue weighted by molar-refractivity contribution is 6.02. The maximum atomic E-state index is 12.1. The fraction of sp³-hybridized carbons (Fsp3) is 0.238. The molecule has 1 amide bonds. The van der Waals surface area contributed by atoms with Gasteiger partial charge in [0.25, 0.3) is 0 Å². The van der Waals surface area contributed by atoms with Gasteiger partial charge in [0.15, 0.2) is 11.5 Å². The zero-order valence-electron chi connectivity index (χ0n) is 15.7. The predicted octanol–water partition coefficient (Wildman–Crippen LogP) is 3.92. The lowest BCUT2D eigenvalue weighted by Crippen LogP contribution is -2.08. The van der Waals surface area contributed by atoms with E-state index in [0.717, 1.165) is 12.0 Å². The van der Waals surface area contributed by atoms with Crippen molar-refractivity contribution in [3.05, 3.63) is 59.7 Å². The van der Waals surface area contributed by atoms with Gasteiger partial charge in [0.2, 0.25) is 5.91 Å². The van der Waals surface area contributed by atoms with Crippen LogP contribution in [0.15, 0.2) is 48.5 Å². The van der Waals surface area contributed by atoms with Gasteiger partial charge in [-0.1, -0.05) is 13.0 Å². The fourth-order valence-electron chi connectivity index (χ4n) is 2.28. The summed E-state index contributed by atoms with van der Waals surface area (Å²) in [4.78, 5) is 23.5. The highest BCUT2D eigenvalue weighted by atomic mass is 16.5. The lowest BCUT2D eigenvalue weighted by atomic mass is 10.2. The predicted molar refractivity (Wildman–Crippen MR) is 104 cm³/mol. The second-order valence-electron chi connectivity index (χ2n) is 5.65. The van der Waals surface area contributed by atoms with Gasteiger partial charge in [-0.05, 0) is 54.5 Å². The second-order valence-corrected chi connectivity index (χ2v) is 5.65. The van der Waals surface area contributed by atoms with E-state index in [0.29, 0.717) is 29.4 Å². The molecule has 1 N–H and O–H groups in total. The lowest BCUT2D eigenvalue weighted by Gasteiger charge is -2.10. The molecule has 2 aromatic rings. The third kappa shape index (κ3) is 5.88. The van der Waals surface area contributed by atoms with Crippen LogP contribution >= 0.6 is 0 Å². The van der Waals surface area contributed by atoms with Crippen LogP contribution in [0, 0.1) is 0 Å². The average Bonchev–Trinajstić information content (AvgIpc) is 2.70. The molecule has 0 heterocycles. The van der Waals surface area contributed by atoms with E-state index in [-0.39, 0.29) is 5.91 Å². The largest absolute Gasteiger partial charge is 0.493 e. The monoisotopic (exact) mass is 369 g/mol. The van der Waals surface area contributed by atoms with E-state index in [4.69, 9.17) is 9.47 Å². The Balaban J connectivity index is 2.00. The van der Waals surface area contributed by atoms with Gasteiger partial charge in [-0.25, -0.2) is 4.79 Å². The van der Waals surface area contributed by atoms with E-state index in [2.05, 4.69) is 10.1 Å². The topological polar surface area (TPSA) is 73.9 Å². The molecule has 0 aliphatic heterocycles. The normalized spacial score (nSPS) is 10.5. The van der Waals surface area contributed by atoms with Crippen LogP contribution in [0.2, 0.25) is 0 Å². The number of methoxy groups -OCH3 is 2. The quantitative estimate of drug-likeness (QED) is 0.564. The van der Waals surface area contributed by atoms with Crippen LogP contribution in [0.25, 0.3) is 6.08 Å². The third-order valence-electron chi connectivity index (χ3n) is 3.65. The maximum Gasteiger partial charge on any atom is 0.337 e. The number of amides is 1. The molecule has 6 nitrogen and oxygen atoms in total. The van der Waals surface area contributed by atoms with Gasteiger partial charge < -0.3 is 19.5 Å². The molecule has 6 heteroatoms. The van der Waals surface area contributed by atoms with E-state index >= 15 is 0 Å². The van der Waals surface area contributed by atoms with Crippen molar-refractivity contribution < 1.29 is 23.8 Å². The Kier molecular flexibility index (Phi) is 7.43. The van der Waals surface area contributed by atoms with Gasteiger partial charge >= 0.3 is 5.97 Å². The highest BCUT2D eigenvalue weighted by Crippen LogP contribution is 2.28. The zero-order valence-corrected chi connectivity index (χ0v) is 15.7. The summed E-state index contributed by atoms with van der Waals surface area (Å²) in [6, 6.07) is 11.9. The lowest BCUT2D eigenvalue weighted by molar-refractivity contribution is -0.111. The number of nitrogens with one attached hydrogen (secondary N) is 1. The Morgan fingerprint density at radius 1 is 1.04 bits per heavy atom. The Morgan fingerprint density at radius 3 is 2.41 bits per heavy atom. The molecule has 0 aromatic heterocycles. The number of anilines is 1. The molecule has 0 atom stereocenters. The van der Waals surface area contributed by atoms with Crippen LogP contribution in [-0.4, -0.2) is 32.7 Å². The molecule has 0 unspecified atom stereocenters. The first-order chi connectivity index (χ1) is 13.1. The Hall–Kier alpha value is -3.28. The molecule has 142 valence electrons. The van der Waals surface area contributed by atoms with Crippen molar-refractivity contribution in [1.29, 1.82) is 0 Å². The van der Waals surface area contributed by atoms with Crippen LogP contribution in [-0.2, 0) is 9.53 Å². The van der Waals surface area contributed by atoms with Crippen molar-refractivity contribution in [2.75, 3.05) is 26.1 Å². The van der Waals surface area contributed by atoms with E-state index in [1.807, 2.05) is 19.1 Å². The summed E-state index contributed by atoms with van der Waals surface area (Å²) >= 11 is 0. The Bertz CT molecular complexity index is 812. The third-order valence-corrected chi connectivity index (χ3v) is 3.65. The molecule has 2 rings (SSSR count). The minimum absolute atomic E-state index is 0.286. The minimum Gasteiger partial charge on any atom is -0.493 e. The molecule has 0 fully saturated rings. The van der Waals surface area contributed by atoms with E-state index < -0.39 is 5.97 Å². The maximum absolute atomic E-state index is 12.1. The standard InChI is InChI=1S/C21H23NO5/c1-4-13-27-18-11-5-15(14-19(18)25-2)6-12-20(23)22-17-9-7-16(8-10-17)21(24)26-3/h5-12,14H,4,13H2,1-3H3,(H,22,23)/b12-6+. The van der Waals surface area contributed by atoms with Crippen LogP contribution in [0.5, 0.6) is 11.5 Å². The van der Waals surface area contributed by atoms with Crippen molar-refractivity contribution in [1.82, 2.24) is 0 Å². The molecular weight excluding hydrogens is 346 g/mol. The van der Waals surface area contributed by atoms with Gasteiger partial charge in [0.05, 0.1) is 26.4 Å². The summed E-state index contributed by atoms with van der Waals surface area (Å²) < 4.78 is 15.6. The minimum atomic E-state index is -0.423. The molecule has 0 radical (unpaired) electrons. The van der Waals surface area contributed by atoms with Gasteiger partial charge in [0, 0.05) is 11.8 Å². The number of carbonyl (C=O) groups is 2. The molecule has 0 aliphatic rings. The number of hydrogen-bond donors (Lipinski definition) is 1. The van der Waals surface area contributed by atoms with Crippen molar-refractivity contribution in [2.24, 2.45) is 0 Å². The molecule has 0 aliphatic carbocycles. The first kappa shape index (κ1) is 20.0. The molecule has 0 bridgehead atoms. The van der Waals surface area contributed by atoms with Gasteiger partial charge in [-0.15, -0.1) is 0 Å². The first-order valence-corrected chi connectivity index (χ1v) is 8.55. The van der Waals surface area contributed by atoms with Crippen molar-refractivity contribution >= 4 is 23.6 Å². The number of benzene rings is 2. The highest BCUT2D eigenvalue weighted by Gasteiger charge is 2.06. The first-order valence-electron chi connectivity index (χ1n) is 8.55. The zero-order chi connectivity index (χ0) is 19.6. The van der Waals surface area contributed by atoms with Gasteiger partial charge in [-0.3, -0.25) is 4.79 Å². The van der Waals surface area contributed by atoms with Crippen LogP contribution in [0.3, 0.4) is 0 Å². The number of hydrogen-bond acceptors (Lipinski definition) is 5. The molecule has 0 saturated carbocycles. The summed E-state index contributed by atoms with van der Waals surface area (Å²) in [7, 11) is 2.90. The van der Waals surface area contributed by atoms with E-state index in [1.165, 1.54) is 13.2 Å². The van der Waals surface area contributed by atoms with Crippen molar-refractivity contribution in [3.63, 3.8) is 0 Å². The second kappa shape index (κ2) is 10.0. The summed E-state index contributed by atoms with van der Waals surface area (Å²) in [5.74, 6) is 0.579. The van der Waals surface area contributed by atoms with Crippen LogP contribution in [0.1, 0.15) is 29.3 Å². The van der Waals surface area contributed by atoms with E-state index in [1.54, 1.807) is 43.5 Å². The molecule has 0 saturated heterocycles. The number of esters is 1. The summed E-state index contributed by atoms with van der Waals surface area (Å²) in [6.45, 7) is 2.65. The van der Waals surface area contributed by atoms with Crippen molar-refractivity contribution in [3.8, 4) is 11.5 Å². The van der Waals surface area contributed by atoms with Crippen LogP contribution < -0.4 is 14.8 Å². The molecule has 27 heavy (non-hydrogen) atoms. The smallest absolute Gasteiger partial charge is 0.337 e. The van der Waals surface area contributed by atoms with Crippen LogP contribution in [0.4, 0.5) is 5.69 Å². The molecule has 0 spiro atoms. The molecular formula is C21H23NO5. The average molecular weight is 369 g/mol. The van der Waals surface area contributed by atoms with E-state index in [9.17, 15) is 9.59 Å². The SMILES string of the molecule is CCCOc1ccc(/C=C/C(=O)Nc2ccc(C(=O)OC)cc2)cc1OC. The number of carbonyl (C=O) groups excluding carboxylic acids is 2.